The first-order chi connectivity index (χ1) is 11.9. The summed E-state index contributed by atoms with van der Waals surface area (Å²) in [4.78, 5) is 17.5. The van der Waals surface area contributed by atoms with Gasteiger partial charge >= 0.3 is 0 Å². The van der Waals surface area contributed by atoms with Crippen molar-refractivity contribution in [2.24, 2.45) is 4.99 Å². The third kappa shape index (κ3) is 3.58. The predicted molar refractivity (Wildman–Crippen MR) is 99.0 cm³/mol. The Labute approximate surface area is 155 Å². The van der Waals surface area contributed by atoms with Crippen molar-refractivity contribution >= 4 is 50.0 Å². The van der Waals surface area contributed by atoms with Crippen LogP contribution in [-0.2, 0) is 14.6 Å². The molecule has 7 nitrogen and oxygen atoms in total. The smallest absolute Gasteiger partial charge is 0.262 e. The molecule has 3 rings (SSSR count). The minimum Gasteiger partial charge on any atom is -0.497 e. The summed E-state index contributed by atoms with van der Waals surface area (Å²) in [6.07, 6.45) is 0. The highest BCUT2D eigenvalue weighted by Gasteiger charge is 2.50. The van der Waals surface area contributed by atoms with E-state index in [2.05, 4.69) is 4.99 Å². The van der Waals surface area contributed by atoms with Crippen molar-refractivity contribution in [3.8, 4) is 11.5 Å². The minimum absolute atomic E-state index is 0.00787. The second-order valence-corrected chi connectivity index (χ2v) is 9.26. The molecule has 1 amide bonds. The first-order valence-electron chi connectivity index (χ1n) is 7.44. The molecule has 2 heterocycles. The van der Waals surface area contributed by atoms with Gasteiger partial charge in [0.15, 0.2) is 15.0 Å². The van der Waals surface area contributed by atoms with Gasteiger partial charge in [-0.15, -0.1) is 11.6 Å². The number of fused-ring (bicyclic) bond motifs is 1. The van der Waals surface area contributed by atoms with Gasteiger partial charge in [0.05, 0.1) is 37.5 Å². The maximum absolute atomic E-state index is 12.0. The zero-order chi connectivity index (χ0) is 18.2. The summed E-state index contributed by atoms with van der Waals surface area (Å²) in [7, 11) is -0.0640. The van der Waals surface area contributed by atoms with Crippen LogP contribution in [-0.4, -0.2) is 62.4 Å². The molecule has 2 aliphatic heterocycles. The van der Waals surface area contributed by atoms with E-state index in [9.17, 15) is 13.2 Å². The van der Waals surface area contributed by atoms with Crippen molar-refractivity contribution in [3.05, 3.63) is 18.2 Å². The van der Waals surface area contributed by atoms with E-state index in [0.29, 0.717) is 22.4 Å². The molecule has 2 saturated heterocycles. The van der Waals surface area contributed by atoms with E-state index in [1.54, 1.807) is 30.2 Å². The van der Waals surface area contributed by atoms with Gasteiger partial charge in [-0.25, -0.2) is 8.42 Å². The van der Waals surface area contributed by atoms with Crippen molar-refractivity contribution in [3.63, 3.8) is 0 Å². The molecule has 0 radical (unpaired) electrons. The van der Waals surface area contributed by atoms with Crippen molar-refractivity contribution in [1.29, 1.82) is 0 Å². The van der Waals surface area contributed by atoms with E-state index < -0.39 is 15.7 Å². The van der Waals surface area contributed by atoms with Crippen molar-refractivity contribution in [2.75, 3.05) is 36.5 Å². The Morgan fingerprint density at radius 2 is 2.12 bits per heavy atom. The van der Waals surface area contributed by atoms with Gasteiger partial charge in [0.1, 0.15) is 17.4 Å². The number of nitrogens with zero attached hydrogens (tertiary/aromatic N) is 2. The molecule has 0 unspecified atom stereocenters. The summed E-state index contributed by atoms with van der Waals surface area (Å²) >= 11 is 6.86. The van der Waals surface area contributed by atoms with Crippen LogP contribution in [0.2, 0.25) is 0 Å². The van der Waals surface area contributed by atoms with Crippen molar-refractivity contribution in [1.82, 2.24) is 0 Å². The Morgan fingerprint density at radius 3 is 2.76 bits per heavy atom. The number of amides is 1. The number of sulfone groups is 1. The Morgan fingerprint density at radius 1 is 1.36 bits per heavy atom. The van der Waals surface area contributed by atoms with Gasteiger partial charge < -0.3 is 14.4 Å². The molecule has 0 bridgehead atoms. The summed E-state index contributed by atoms with van der Waals surface area (Å²) in [5, 5.41) is 0.262. The fraction of sp³-hybridized carbons (Fsp3) is 0.467. The molecular formula is C15H17ClN2O5S2. The number of benzene rings is 1. The maximum atomic E-state index is 12.0. The van der Waals surface area contributed by atoms with Gasteiger partial charge in [-0.1, -0.05) is 11.8 Å². The number of hydrogen-bond acceptors (Lipinski definition) is 6. The first-order valence-corrected chi connectivity index (χ1v) is 10.7. The second kappa shape index (κ2) is 7.05. The molecule has 1 aromatic carbocycles. The quantitative estimate of drug-likeness (QED) is 0.703. The fourth-order valence-corrected chi connectivity index (χ4v) is 6.95. The highest BCUT2D eigenvalue weighted by Crippen LogP contribution is 2.44. The van der Waals surface area contributed by atoms with Crippen molar-refractivity contribution in [2.45, 2.75) is 11.3 Å². The number of rotatable bonds is 4. The first kappa shape index (κ1) is 18.3. The molecule has 25 heavy (non-hydrogen) atoms. The average molecular weight is 405 g/mol. The number of anilines is 1. The Bertz CT molecular complexity index is 827. The number of carbonyl (C=O) groups is 1. The van der Waals surface area contributed by atoms with E-state index >= 15 is 0 Å². The van der Waals surface area contributed by atoms with E-state index in [1.165, 1.54) is 18.9 Å². The van der Waals surface area contributed by atoms with Crippen LogP contribution in [0.1, 0.15) is 0 Å². The van der Waals surface area contributed by atoms with Crippen LogP contribution >= 0.6 is 23.4 Å². The summed E-state index contributed by atoms with van der Waals surface area (Å²) in [6, 6.07) is 4.92. The lowest BCUT2D eigenvalue weighted by molar-refractivity contribution is -0.115. The topological polar surface area (TPSA) is 85.3 Å². The van der Waals surface area contributed by atoms with Crippen LogP contribution < -0.4 is 14.4 Å². The molecule has 2 aliphatic rings. The third-order valence-corrected chi connectivity index (χ3v) is 7.49. The lowest BCUT2D eigenvalue weighted by Crippen LogP contribution is -2.38. The van der Waals surface area contributed by atoms with Gasteiger partial charge in [-0.2, -0.15) is 4.99 Å². The lowest BCUT2D eigenvalue weighted by Gasteiger charge is -2.26. The third-order valence-electron chi connectivity index (χ3n) is 4.05. The molecule has 0 aliphatic carbocycles. The molecule has 2 atom stereocenters. The van der Waals surface area contributed by atoms with Crippen LogP contribution in [0.25, 0.3) is 0 Å². The lowest BCUT2D eigenvalue weighted by atomic mass is 10.2. The van der Waals surface area contributed by atoms with Crippen LogP contribution in [0, 0.1) is 0 Å². The zero-order valence-corrected chi connectivity index (χ0v) is 16.0. The van der Waals surface area contributed by atoms with Gasteiger partial charge in [-0.3, -0.25) is 4.79 Å². The number of hydrogen-bond donors (Lipinski definition) is 0. The molecule has 0 aromatic heterocycles. The predicted octanol–water partition coefficient (Wildman–Crippen LogP) is 1.54. The largest absolute Gasteiger partial charge is 0.497 e. The van der Waals surface area contributed by atoms with Gasteiger partial charge in [0.2, 0.25) is 0 Å². The molecule has 2 fully saturated rings. The molecular weight excluding hydrogens is 388 g/mol. The normalized spacial score (nSPS) is 25.9. The number of halogens is 1. The molecule has 0 saturated carbocycles. The zero-order valence-electron chi connectivity index (χ0n) is 13.6. The van der Waals surface area contributed by atoms with Crippen LogP contribution in [0.5, 0.6) is 11.5 Å². The SMILES string of the molecule is COc1ccc(N2C(=NC(=O)CCl)S[C@H]3CS(=O)(=O)C[C@H]32)c(OC)c1. The Kier molecular flexibility index (Phi) is 5.17. The van der Waals surface area contributed by atoms with E-state index in [4.69, 9.17) is 21.1 Å². The van der Waals surface area contributed by atoms with E-state index in [0.717, 1.165) is 0 Å². The highest BCUT2D eigenvalue weighted by atomic mass is 35.5. The monoisotopic (exact) mass is 404 g/mol. The summed E-state index contributed by atoms with van der Waals surface area (Å²) in [5.74, 6) is 0.490. The van der Waals surface area contributed by atoms with E-state index in [1.807, 2.05) is 0 Å². The number of alkyl halides is 1. The van der Waals surface area contributed by atoms with Gasteiger partial charge in [-0.05, 0) is 12.1 Å². The summed E-state index contributed by atoms with van der Waals surface area (Å²) in [5.41, 5.74) is 0.640. The molecule has 136 valence electrons. The Hall–Kier alpha value is -1.45. The number of amidine groups is 1. The van der Waals surface area contributed by atoms with Crippen LogP contribution in [0.4, 0.5) is 5.69 Å². The standard InChI is InChI=1S/C15H17ClN2O5S2/c1-22-9-3-4-10(12(5-9)23-2)18-11-7-25(20,21)8-13(11)24-15(18)17-14(19)6-16/h3-5,11,13H,6-8H2,1-2H3/t11-,13+/m1/s1. The maximum Gasteiger partial charge on any atom is 0.262 e. The van der Waals surface area contributed by atoms with Gasteiger partial charge in [0, 0.05) is 11.3 Å². The minimum atomic E-state index is -3.13. The second-order valence-electron chi connectivity index (χ2n) is 5.63. The number of carbonyl (C=O) groups excluding carboxylic acids is 1. The molecule has 0 spiro atoms. The summed E-state index contributed by atoms with van der Waals surface area (Å²) < 4.78 is 34.7. The Balaban J connectivity index is 2.08. The molecule has 0 N–H and O–H groups in total. The fourth-order valence-electron chi connectivity index (χ4n) is 2.97. The van der Waals surface area contributed by atoms with Crippen molar-refractivity contribution < 1.29 is 22.7 Å². The number of thioether (sulfide) groups is 1. The molecule has 1 aromatic rings. The average Bonchev–Trinajstić information content (AvgIpc) is 3.04. The van der Waals surface area contributed by atoms with Gasteiger partial charge in [0.25, 0.3) is 5.91 Å². The number of ether oxygens (including phenoxy) is 2. The molecule has 10 heteroatoms. The van der Waals surface area contributed by atoms with Crippen LogP contribution in [0.3, 0.4) is 0 Å². The highest BCUT2D eigenvalue weighted by molar-refractivity contribution is 8.16. The summed E-state index contributed by atoms with van der Waals surface area (Å²) in [6.45, 7) is 0. The number of aliphatic imine (C=N–C) groups is 1. The van der Waals surface area contributed by atoms with Crippen LogP contribution in [0.15, 0.2) is 23.2 Å². The van der Waals surface area contributed by atoms with E-state index in [-0.39, 0.29) is 28.7 Å². The number of methoxy groups -OCH3 is 2.